The summed E-state index contributed by atoms with van der Waals surface area (Å²) in [5.74, 6) is -0.971. The lowest BCUT2D eigenvalue weighted by molar-refractivity contribution is 0.0254. The summed E-state index contributed by atoms with van der Waals surface area (Å²) in [5.41, 5.74) is 0.928. The Labute approximate surface area is 116 Å². The van der Waals surface area contributed by atoms with Gasteiger partial charge in [-0.25, -0.2) is 4.79 Å². The molecule has 1 saturated heterocycles. The number of nitrogens with zero attached hydrogens (tertiary/aromatic N) is 1. The zero-order valence-electron chi connectivity index (χ0n) is 10.5. The second-order valence-electron chi connectivity index (χ2n) is 5.04. The average molecular weight is 282 g/mol. The number of morpholine rings is 1. The van der Waals surface area contributed by atoms with E-state index in [0.717, 1.165) is 31.5 Å². The summed E-state index contributed by atoms with van der Waals surface area (Å²) < 4.78 is 5.76. The van der Waals surface area contributed by atoms with Gasteiger partial charge in [0.25, 0.3) is 0 Å². The van der Waals surface area contributed by atoms with Crippen molar-refractivity contribution >= 4 is 23.3 Å². The fraction of sp³-hybridized carbons (Fsp3) is 0.500. The summed E-state index contributed by atoms with van der Waals surface area (Å²) in [7, 11) is 0. The number of carbonyl (C=O) groups is 1. The number of carboxylic acid groups (broad SMARTS) is 1. The molecule has 2 fully saturated rings. The number of fused-ring (bicyclic) bond motifs is 1. The van der Waals surface area contributed by atoms with Gasteiger partial charge in [0.1, 0.15) is 5.56 Å². The largest absolute Gasteiger partial charge is 0.478 e. The van der Waals surface area contributed by atoms with Crippen molar-refractivity contribution in [2.75, 3.05) is 18.1 Å². The Hall–Kier alpha value is -1.26. The van der Waals surface area contributed by atoms with E-state index in [1.807, 2.05) is 12.1 Å². The van der Waals surface area contributed by atoms with E-state index >= 15 is 0 Å². The molecule has 1 saturated carbocycles. The molecular formula is C14H16ClNO3. The molecule has 0 bridgehead atoms. The first-order valence-electron chi connectivity index (χ1n) is 6.58. The molecule has 0 radical (unpaired) electrons. The topological polar surface area (TPSA) is 49.8 Å². The molecule has 1 N–H and O–H groups in total. The van der Waals surface area contributed by atoms with Crippen molar-refractivity contribution in [1.82, 2.24) is 0 Å². The van der Waals surface area contributed by atoms with Crippen LogP contribution in [0.15, 0.2) is 18.2 Å². The fourth-order valence-corrected chi connectivity index (χ4v) is 3.44. The maximum absolute atomic E-state index is 11.4. The number of halogens is 1. The van der Waals surface area contributed by atoms with E-state index in [0.29, 0.717) is 11.6 Å². The third kappa shape index (κ3) is 2.19. The Morgan fingerprint density at radius 3 is 3.05 bits per heavy atom. The Morgan fingerprint density at radius 2 is 2.26 bits per heavy atom. The van der Waals surface area contributed by atoms with Crippen LogP contribution in [0.3, 0.4) is 0 Å². The van der Waals surface area contributed by atoms with Crippen molar-refractivity contribution < 1.29 is 14.6 Å². The van der Waals surface area contributed by atoms with Gasteiger partial charge < -0.3 is 14.7 Å². The predicted octanol–water partition coefficient (Wildman–Crippen LogP) is 2.80. The zero-order valence-corrected chi connectivity index (χ0v) is 11.3. The molecule has 1 aromatic carbocycles. The highest BCUT2D eigenvalue weighted by atomic mass is 35.5. The molecule has 1 aliphatic carbocycles. The lowest BCUT2D eigenvalue weighted by Crippen LogP contribution is -2.49. The van der Waals surface area contributed by atoms with E-state index in [4.69, 9.17) is 16.3 Å². The molecule has 1 heterocycles. The number of ether oxygens (including phenoxy) is 1. The molecule has 0 aromatic heterocycles. The molecule has 1 aromatic rings. The van der Waals surface area contributed by atoms with Gasteiger partial charge in [-0.1, -0.05) is 17.7 Å². The highest BCUT2D eigenvalue weighted by Crippen LogP contribution is 2.36. The van der Waals surface area contributed by atoms with Crippen molar-refractivity contribution in [1.29, 1.82) is 0 Å². The van der Waals surface area contributed by atoms with Crippen LogP contribution in [0.1, 0.15) is 29.6 Å². The van der Waals surface area contributed by atoms with Gasteiger partial charge in [-0.3, -0.25) is 0 Å². The minimum absolute atomic E-state index is 0.205. The highest BCUT2D eigenvalue weighted by Gasteiger charge is 2.37. The van der Waals surface area contributed by atoms with Gasteiger partial charge in [0.15, 0.2) is 0 Å². The van der Waals surface area contributed by atoms with Crippen LogP contribution in [0.2, 0.25) is 5.02 Å². The molecule has 4 nitrogen and oxygen atoms in total. The van der Waals surface area contributed by atoms with Gasteiger partial charge in [0.05, 0.1) is 29.5 Å². The molecule has 19 heavy (non-hydrogen) atoms. The minimum atomic E-state index is -0.971. The molecule has 5 heteroatoms. The molecule has 1 aliphatic heterocycles. The van der Waals surface area contributed by atoms with Crippen molar-refractivity contribution in [2.24, 2.45) is 0 Å². The van der Waals surface area contributed by atoms with Crippen LogP contribution < -0.4 is 4.90 Å². The van der Waals surface area contributed by atoms with E-state index in [2.05, 4.69) is 4.90 Å². The maximum Gasteiger partial charge on any atom is 0.339 e. The fourth-order valence-electron chi connectivity index (χ4n) is 3.19. The summed E-state index contributed by atoms with van der Waals surface area (Å²) in [6, 6.07) is 5.56. The summed E-state index contributed by atoms with van der Waals surface area (Å²) in [6.45, 7) is 1.37. The molecule has 2 unspecified atom stereocenters. The number of aromatic carboxylic acids is 1. The zero-order chi connectivity index (χ0) is 13.4. The van der Waals surface area contributed by atoms with Crippen molar-refractivity contribution in [3.05, 3.63) is 28.8 Å². The number of hydrogen-bond acceptors (Lipinski definition) is 3. The second-order valence-corrected chi connectivity index (χ2v) is 5.45. The number of anilines is 1. The van der Waals surface area contributed by atoms with Gasteiger partial charge in [0.2, 0.25) is 0 Å². The van der Waals surface area contributed by atoms with Gasteiger partial charge >= 0.3 is 5.97 Å². The summed E-state index contributed by atoms with van der Waals surface area (Å²) in [5, 5.41) is 9.67. The first-order chi connectivity index (χ1) is 9.18. The van der Waals surface area contributed by atoms with E-state index in [-0.39, 0.29) is 17.7 Å². The lowest BCUT2D eigenvalue weighted by Gasteiger charge is -2.40. The third-order valence-electron chi connectivity index (χ3n) is 4.00. The minimum Gasteiger partial charge on any atom is -0.478 e. The number of benzene rings is 1. The van der Waals surface area contributed by atoms with E-state index in [1.54, 1.807) is 6.07 Å². The standard InChI is InChI=1S/C14H16ClNO3/c15-9-3-1-5-11(13(9)14(17)18)16-7-8-19-12-6-2-4-10(12)16/h1,3,5,10,12H,2,4,6-8H2,(H,17,18). The van der Waals surface area contributed by atoms with Gasteiger partial charge in [-0.05, 0) is 31.4 Å². The normalized spacial score (nSPS) is 26.3. The third-order valence-corrected chi connectivity index (χ3v) is 4.31. The number of hydrogen-bond donors (Lipinski definition) is 1. The molecule has 2 atom stereocenters. The predicted molar refractivity (Wildman–Crippen MR) is 73.1 cm³/mol. The summed E-state index contributed by atoms with van der Waals surface area (Å²) in [6.07, 6.45) is 3.48. The Morgan fingerprint density at radius 1 is 1.42 bits per heavy atom. The quantitative estimate of drug-likeness (QED) is 0.906. The summed E-state index contributed by atoms with van der Waals surface area (Å²) in [4.78, 5) is 13.6. The van der Waals surface area contributed by atoms with Crippen molar-refractivity contribution in [3.8, 4) is 0 Å². The smallest absolute Gasteiger partial charge is 0.339 e. The molecular weight excluding hydrogens is 266 g/mol. The number of rotatable bonds is 2. The monoisotopic (exact) mass is 281 g/mol. The Balaban J connectivity index is 2.01. The Kier molecular flexibility index (Phi) is 3.37. The van der Waals surface area contributed by atoms with Crippen LogP contribution in [0.4, 0.5) is 5.69 Å². The van der Waals surface area contributed by atoms with Gasteiger partial charge in [-0.2, -0.15) is 0 Å². The molecule has 102 valence electrons. The Bertz CT molecular complexity index is 505. The van der Waals surface area contributed by atoms with Crippen LogP contribution in [-0.2, 0) is 4.74 Å². The maximum atomic E-state index is 11.4. The molecule has 3 rings (SSSR count). The number of carboxylic acids is 1. The lowest BCUT2D eigenvalue weighted by atomic mass is 10.1. The first kappa shape index (κ1) is 12.8. The first-order valence-corrected chi connectivity index (χ1v) is 6.96. The van der Waals surface area contributed by atoms with Crippen LogP contribution in [-0.4, -0.2) is 36.4 Å². The van der Waals surface area contributed by atoms with Crippen LogP contribution in [0.25, 0.3) is 0 Å². The van der Waals surface area contributed by atoms with Crippen LogP contribution in [0, 0.1) is 0 Å². The van der Waals surface area contributed by atoms with Crippen LogP contribution in [0.5, 0.6) is 0 Å². The second kappa shape index (κ2) is 5.02. The summed E-state index contributed by atoms with van der Waals surface area (Å²) >= 11 is 6.05. The van der Waals surface area contributed by atoms with Crippen molar-refractivity contribution in [2.45, 2.75) is 31.4 Å². The average Bonchev–Trinajstić information content (AvgIpc) is 2.85. The van der Waals surface area contributed by atoms with Crippen LogP contribution >= 0.6 is 11.6 Å². The molecule has 0 amide bonds. The van der Waals surface area contributed by atoms with Gasteiger partial charge in [-0.15, -0.1) is 0 Å². The molecule has 2 aliphatic rings. The van der Waals surface area contributed by atoms with E-state index < -0.39 is 5.97 Å². The van der Waals surface area contributed by atoms with Crippen molar-refractivity contribution in [3.63, 3.8) is 0 Å². The molecule has 0 spiro atoms. The van der Waals surface area contributed by atoms with Gasteiger partial charge in [0, 0.05) is 6.54 Å². The van der Waals surface area contributed by atoms with E-state index in [9.17, 15) is 9.90 Å². The SMILES string of the molecule is O=C(O)c1c(Cl)cccc1N1CCOC2CCCC21. The highest BCUT2D eigenvalue weighted by molar-refractivity contribution is 6.34. The van der Waals surface area contributed by atoms with E-state index in [1.165, 1.54) is 0 Å².